The predicted octanol–water partition coefficient (Wildman–Crippen LogP) is 1.49. The number of nitrogens with two attached hydrogens (primary N) is 6. The standard InChI is InChI=1S/C35H61N11O3/c1-33(2,3)19-16-20-21(27(35(7,8)9)46-26(20)22(17-19)34(4,5)6)18-25(45-29(48)23(36)12-10-14-42-31(38)39)30(49)44-24(28(37)47)13-11-15-43-32(40)41/h16-17,23-25,46H,10-15,18,36H2,1-9H3,(H2,37,47)(H,44,49)(H,45,48)(H4,38,39,42)(H4,40,41,43)/t23-,24-,25-/m0/s1. The Bertz CT molecular complexity index is 1530. The molecule has 14 heteroatoms. The lowest BCUT2D eigenvalue weighted by Gasteiger charge is -2.26. The van der Waals surface area contributed by atoms with E-state index in [2.05, 4.69) is 100 Å². The van der Waals surface area contributed by atoms with Crippen molar-refractivity contribution >= 4 is 40.5 Å². The van der Waals surface area contributed by atoms with Crippen LogP contribution in [0.15, 0.2) is 22.1 Å². The maximum atomic E-state index is 14.1. The van der Waals surface area contributed by atoms with Crippen LogP contribution >= 0.6 is 0 Å². The number of guanidine groups is 2. The van der Waals surface area contributed by atoms with Gasteiger partial charge in [0.2, 0.25) is 17.7 Å². The summed E-state index contributed by atoms with van der Waals surface area (Å²) in [5.41, 5.74) is 38.0. The summed E-state index contributed by atoms with van der Waals surface area (Å²) in [6.45, 7) is 19.9. The van der Waals surface area contributed by atoms with Crippen LogP contribution in [0, 0.1) is 0 Å². The van der Waals surface area contributed by atoms with Crippen molar-refractivity contribution in [3.8, 4) is 0 Å². The zero-order chi connectivity index (χ0) is 37.5. The van der Waals surface area contributed by atoms with Gasteiger partial charge in [-0.15, -0.1) is 0 Å². The number of primary amides is 1. The van der Waals surface area contributed by atoms with Crippen molar-refractivity contribution in [2.24, 2.45) is 44.4 Å². The van der Waals surface area contributed by atoms with E-state index in [1.165, 1.54) is 0 Å². The Labute approximate surface area is 291 Å². The number of amides is 3. The number of H-pyrrole nitrogens is 1. The first-order valence-corrected chi connectivity index (χ1v) is 16.9. The number of aromatic amines is 1. The maximum Gasteiger partial charge on any atom is 0.243 e. The molecular weight excluding hydrogens is 622 g/mol. The topological polar surface area (TPSA) is 272 Å². The van der Waals surface area contributed by atoms with E-state index in [-0.39, 0.29) is 54.0 Å². The fourth-order valence-corrected chi connectivity index (χ4v) is 5.63. The molecule has 1 aromatic carbocycles. The van der Waals surface area contributed by atoms with Crippen molar-refractivity contribution in [1.29, 1.82) is 0 Å². The summed E-state index contributed by atoms with van der Waals surface area (Å²) in [5, 5.41) is 6.62. The van der Waals surface area contributed by atoms with Gasteiger partial charge in [0.15, 0.2) is 11.9 Å². The maximum absolute atomic E-state index is 14.1. The molecule has 0 aliphatic rings. The second-order valence-electron chi connectivity index (χ2n) is 15.9. The van der Waals surface area contributed by atoms with Gasteiger partial charge in [-0.2, -0.15) is 0 Å². The number of carbonyl (C=O) groups excluding carboxylic acids is 3. The van der Waals surface area contributed by atoms with Crippen molar-refractivity contribution in [2.45, 2.75) is 129 Å². The highest BCUT2D eigenvalue weighted by Gasteiger charge is 2.33. The van der Waals surface area contributed by atoms with E-state index in [0.29, 0.717) is 19.4 Å². The first-order chi connectivity index (χ1) is 22.4. The summed E-state index contributed by atoms with van der Waals surface area (Å²) < 4.78 is 0. The number of hydrogen-bond acceptors (Lipinski definition) is 6. The molecule has 0 radical (unpaired) electrons. The Morgan fingerprint density at radius 1 is 0.735 bits per heavy atom. The second kappa shape index (κ2) is 16.4. The Hall–Kier alpha value is -4.33. The second-order valence-corrected chi connectivity index (χ2v) is 15.9. The molecule has 0 spiro atoms. The van der Waals surface area contributed by atoms with Gasteiger partial charge in [-0.3, -0.25) is 24.4 Å². The number of nitrogens with one attached hydrogen (secondary N) is 3. The van der Waals surface area contributed by atoms with Crippen LogP contribution in [0.25, 0.3) is 10.9 Å². The highest BCUT2D eigenvalue weighted by atomic mass is 16.2. The number of fused-ring (bicyclic) bond motifs is 1. The molecule has 274 valence electrons. The van der Waals surface area contributed by atoms with E-state index >= 15 is 0 Å². The van der Waals surface area contributed by atoms with Gasteiger partial charge in [0.05, 0.1) is 6.04 Å². The first kappa shape index (κ1) is 40.8. The van der Waals surface area contributed by atoms with Crippen molar-refractivity contribution in [3.63, 3.8) is 0 Å². The average Bonchev–Trinajstić information content (AvgIpc) is 3.33. The molecule has 0 unspecified atom stereocenters. The van der Waals surface area contributed by atoms with Crippen LogP contribution in [0.4, 0.5) is 0 Å². The van der Waals surface area contributed by atoms with Gasteiger partial charge < -0.3 is 50.0 Å². The molecule has 49 heavy (non-hydrogen) atoms. The van der Waals surface area contributed by atoms with Crippen molar-refractivity contribution in [2.75, 3.05) is 13.1 Å². The number of rotatable bonds is 15. The van der Waals surface area contributed by atoms with Gasteiger partial charge in [0.1, 0.15) is 12.1 Å². The minimum Gasteiger partial charge on any atom is -0.370 e. The molecule has 0 aliphatic carbocycles. The van der Waals surface area contributed by atoms with E-state index in [1.54, 1.807) is 0 Å². The summed E-state index contributed by atoms with van der Waals surface area (Å²) in [5.74, 6) is -1.92. The molecule has 14 nitrogen and oxygen atoms in total. The lowest BCUT2D eigenvalue weighted by atomic mass is 9.78. The van der Waals surface area contributed by atoms with Gasteiger partial charge in [-0.1, -0.05) is 68.4 Å². The number of benzene rings is 1. The fourth-order valence-electron chi connectivity index (χ4n) is 5.63. The van der Waals surface area contributed by atoms with E-state index in [0.717, 1.165) is 33.3 Å². The summed E-state index contributed by atoms with van der Waals surface area (Å²) in [7, 11) is 0. The van der Waals surface area contributed by atoms with Gasteiger partial charge in [-0.05, 0) is 59.3 Å². The van der Waals surface area contributed by atoms with Crippen LogP contribution in [-0.2, 0) is 37.0 Å². The predicted molar refractivity (Wildman–Crippen MR) is 199 cm³/mol. The summed E-state index contributed by atoms with van der Waals surface area (Å²) >= 11 is 0. The zero-order valence-corrected chi connectivity index (χ0v) is 30.9. The third-order valence-corrected chi connectivity index (χ3v) is 8.39. The lowest BCUT2D eigenvalue weighted by molar-refractivity contribution is -0.131. The third-order valence-electron chi connectivity index (χ3n) is 8.39. The number of nitrogens with zero attached hydrogens (tertiary/aromatic N) is 2. The van der Waals surface area contributed by atoms with Crippen molar-refractivity contribution < 1.29 is 14.4 Å². The first-order valence-electron chi connectivity index (χ1n) is 16.9. The number of hydrogen-bond donors (Lipinski definition) is 9. The fraction of sp³-hybridized carbons (Fsp3) is 0.629. The van der Waals surface area contributed by atoms with Crippen LogP contribution in [0.3, 0.4) is 0 Å². The normalized spacial score (nSPS) is 14.1. The van der Waals surface area contributed by atoms with Crippen LogP contribution in [0.1, 0.15) is 110 Å². The van der Waals surface area contributed by atoms with E-state index in [9.17, 15) is 14.4 Å². The molecule has 0 bridgehead atoms. The smallest absolute Gasteiger partial charge is 0.243 e. The minimum atomic E-state index is -1.09. The lowest BCUT2D eigenvalue weighted by Crippen LogP contribution is -2.56. The van der Waals surface area contributed by atoms with Gasteiger partial charge in [0.25, 0.3) is 0 Å². The molecule has 1 aromatic heterocycles. The molecule has 0 saturated heterocycles. The monoisotopic (exact) mass is 683 g/mol. The highest BCUT2D eigenvalue weighted by Crippen LogP contribution is 2.40. The Kier molecular flexibility index (Phi) is 13.7. The summed E-state index contributed by atoms with van der Waals surface area (Å²) in [6, 6.07) is 1.39. The molecule has 1 heterocycles. The molecule has 0 saturated carbocycles. The molecule has 3 atom stereocenters. The molecule has 0 fully saturated rings. The molecular formula is C35H61N11O3. The SMILES string of the molecule is CC(C)(C)c1cc(C(C)(C)C)c2[nH]c(C(C)(C)C)c(C[C@H](NC(=O)[C@@H](N)CCCN=C(N)N)C(=O)N[C@@H](CCCN=C(N)N)C(N)=O)c2c1. The molecule has 3 amide bonds. The number of aliphatic imine (C=N–C) groups is 2. The van der Waals surface area contributed by atoms with Crippen LogP contribution in [0.2, 0.25) is 0 Å². The largest absolute Gasteiger partial charge is 0.370 e. The average molecular weight is 684 g/mol. The Morgan fingerprint density at radius 3 is 1.73 bits per heavy atom. The van der Waals surface area contributed by atoms with E-state index in [1.807, 2.05) is 0 Å². The van der Waals surface area contributed by atoms with Crippen LogP contribution in [-0.4, -0.2) is 65.8 Å². The van der Waals surface area contributed by atoms with E-state index in [4.69, 9.17) is 34.4 Å². The van der Waals surface area contributed by atoms with Crippen molar-refractivity contribution in [3.05, 3.63) is 34.5 Å². The number of carbonyl (C=O) groups is 3. The summed E-state index contributed by atoms with van der Waals surface area (Å²) in [4.78, 5) is 51.6. The van der Waals surface area contributed by atoms with Crippen LogP contribution < -0.4 is 45.0 Å². The van der Waals surface area contributed by atoms with Gasteiger partial charge in [0, 0.05) is 41.5 Å². The molecule has 0 aliphatic heterocycles. The molecule has 2 aromatic rings. The highest BCUT2D eigenvalue weighted by molar-refractivity contribution is 5.95. The zero-order valence-electron chi connectivity index (χ0n) is 30.9. The third kappa shape index (κ3) is 11.9. The van der Waals surface area contributed by atoms with Crippen LogP contribution in [0.5, 0.6) is 0 Å². The van der Waals surface area contributed by atoms with E-state index < -0.39 is 35.8 Å². The number of aromatic nitrogens is 1. The van der Waals surface area contributed by atoms with Gasteiger partial charge >= 0.3 is 0 Å². The Morgan fingerprint density at radius 2 is 1.27 bits per heavy atom. The molecule has 2 rings (SSSR count). The minimum absolute atomic E-state index is 0.0466. The van der Waals surface area contributed by atoms with Crippen molar-refractivity contribution in [1.82, 2.24) is 15.6 Å². The summed E-state index contributed by atoms with van der Waals surface area (Å²) in [6.07, 6.45) is 1.47. The quantitative estimate of drug-likeness (QED) is 0.0752. The Balaban J connectivity index is 2.67. The molecule has 15 N–H and O–H groups in total. The van der Waals surface area contributed by atoms with Gasteiger partial charge in [-0.25, -0.2) is 0 Å².